The fraction of sp³-hybridized carbons (Fsp3) is 0.533. The molecule has 1 rings (SSSR count). The van der Waals surface area contributed by atoms with Crippen LogP contribution in [0.5, 0.6) is 5.75 Å². The Balaban J connectivity index is 2.80. The van der Waals surface area contributed by atoms with Crippen LogP contribution in [-0.2, 0) is 11.2 Å². The van der Waals surface area contributed by atoms with Gasteiger partial charge in [-0.3, -0.25) is 4.79 Å². The molecule has 1 aromatic rings. The van der Waals surface area contributed by atoms with Crippen LogP contribution in [0.2, 0.25) is 0 Å². The Bertz CT molecular complexity index is 455. The molecule has 0 aliphatic rings. The SMILES string of the molecule is COc1cc(C)cc(C)c1CCN(C)C(=O)C(C)O. The molecule has 1 atom stereocenters. The lowest BCUT2D eigenvalue weighted by atomic mass is 10.0. The van der Waals surface area contributed by atoms with E-state index in [0.717, 1.165) is 22.4 Å². The minimum absolute atomic E-state index is 0.260. The highest BCUT2D eigenvalue weighted by atomic mass is 16.5. The van der Waals surface area contributed by atoms with Gasteiger partial charge in [0.15, 0.2) is 0 Å². The van der Waals surface area contributed by atoms with Gasteiger partial charge in [0.05, 0.1) is 7.11 Å². The maximum Gasteiger partial charge on any atom is 0.250 e. The summed E-state index contributed by atoms with van der Waals surface area (Å²) in [5.41, 5.74) is 3.43. The molecule has 0 heterocycles. The van der Waals surface area contributed by atoms with Gasteiger partial charge in [0.2, 0.25) is 0 Å². The average molecular weight is 265 g/mol. The zero-order valence-electron chi connectivity index (χ0n) is 12.4. The van der Waals surface area contributed by atoms with Gasteiger partial charge >= 0.3 is 0 Å². The van der Waals surface area contributed by atoms with E-state index in [-0.39, 0.29) is 5.91 Å². The third-order valence-electron chi connectivity index (χ3n) is 3.23. The van der Waals surface area contributed by atoms with Crippen molar-refractivity contribution < 1.29 is 14.6 Å². The predicted molar refractivity (Wildman–Crippen MR) is 75.5 cm³/mol. The van der Waals surface area contributed by atoms with Gasteiger partial charge < -0.3 is 14.7 Å². The fourth-order valence-corrected chi connectivity index (χ4v) is 2.17. The molecule has 0 bridgehead atoms. The second-order valence-electron chi connectivity index (χ2n) is 4.95. The average Bonchev–Trinajstić information content (AvgIpc) is 2.35. The molecule has 0 saturated heterocycles. The maximum absolute atomic E-state index is 11.6. The molecule has 0 radical (unpaired) electrons. The largest absolute Gasteiger partial charge is 0.496 e. The summed E-state index contributed by atoms with van der Waals surface area (Å²) in [6.45, 7) is 6.12. The zero-order valence-corrected chi connectivity index (χ0v) is 12.4. The Hall–Kier alpha value is -1.55. The second kappa shape index (κ2) is 6.57. The van der Waals surface area contributed by atoms with E-state index in [4.69, 9.17) is 4.74 Å². The first-order chi connectivity index (χ1) is 8.86. The van der Waals surface area contributed by atoms with Crippen LogP contribution in [0.25, 0.3) is 0 Å². The van der Waals surface area contributed by atoms with Gasteiger partial charge in [-0.25, -0.2) is 0 Å². The zero-order chi connectivity index (χ0) is 14.6. The first kappa shape index (κ1) is 15.5. The molecule has 1 unspecified atom stereocenters. The summed E-state index contributed by atoms with van der Waals surface area (Å²) in [6.07, 6.45) is -0.240. The molecule has 4 heteroatoms. The number of aliphatic hydroxyl groups is 1. The van der Waals surface area contributed by atoms with Gasteiger partial charge in [0.25, 0.3) is 5.91 Å². The van der Waals surface area contributed by atoms with Crippen molar-refractivity contribution in [1.82, 2.24) is 4.90 Å². The summed E-state index contributed by atoms with van der Waals surface area (Å²) >= 11 is 0. The lowest BCUT2D eigenvalue weighted by molar-refractivity contribution is -0.137. The molecule has 1 amide bonds. The molecule has 1 N–H and O–H groups in total. The van der Waals surface area contributed by atoms with E-state index in [9.17, 15) is 9.90 Å². The Labute approximate surface area is 115 Å². The number of hydrogen-bond acceptors (Lipinski definition) is 3. The fourth-order valence-electron chi connectivity index (χ4n) is 2.17. The quantitative estimate of drug-likeness (QED) is 0.881. The monoisotopic (exact) mass is 265 g/mol. The molecular formula is C15H23NO3. The van der Waals surface area contributed by atoms with Crippen molar-refractivity contribution in [2.75, 3.05) is 20.7 Å². The van der Waals surface area contributed by atoms with Crippen molar-refractivity contribution in [1.29, 1.82) is 0 Å². The molecular weight excluding hydrogens is 242 g/mol. The van der Waals surface area contributed by atoms with Crippen molar-refractivity contribution in [3.05, 3.63) is 28.8 Å². The van der Waals surface area contributed by atoms with Gasteiger partial charge in [-0.2, -0.15) is 0 Å². The summed E-state index contributed by atoms with van der Waals surface area (Å²) in [6, 6.07) is 4.10. The van der Waals surface area contributed by atoms with Crippen LogP contribution in [0.15, 0.2) is 12.1 Å². The molecule has 1 aromatic carbocycles. The lowest BCUT2D eigenvalue weighted by Gasteiger charge is -2.20. The van der Waals surface area contributed by atoms with Gasteiger partial charge in [-0.1, -0.05) is 6.07 Å². The van der Waals surface area contributed by atoms with Crippen LogP contribution in [0.4, 0.5) is 0 Å². The third-order valence-corrected chi connectivity index (χ3v) is 3.23. The Kier molecular flexibility index (Phi) is 5.36. The molecule has 19 heavy (non-hydrogen) atoms. The van der Waals surface area contributed by atoms with E-state index >= 15 is 0 Å². The number of amides is 1. The first-order valence-electron chi connectivity index (χ1n) is 6.44. The lowest BCUT2D eigenvalue weighted by Crippen LogP contribution is -2.36. The van der Waals surface area contributed by atoms with E-state index in [1.165, 1.54) is 6.92 Å². The van der Waals surface area contributed by atoms with E-state index < -0.39 is 6.10 Å². The second-order valence-corrected chi connectivity index (χ2v) is 4.95. The van der Waals surface area contributed by atoms with E-state index in [0.29, 0.717) is 13.0 Å². The molecule has 0 aromatic heterocycles. The van der Waals surface area contributed by atoms with Crippen LogP contribution in [0.1, 0.15) is 23.6 Å². The third kappa shape index (κ3) is 3.96. The summed E-state index contributed by atoms with van der Waals surface area (Å²) in [5.74, 6) is 0.596. The van der Waals surface area contributed by atoms with Gasteiger partial charge in [-0.05, 0) is 49.9 Å². The minimum atomic E-state index is -0.953. The predicted octanol–water partition coefficient (Wildman–Crippen LogP) is 1.69. The standard InChI is InChI=1S/C15H23NO3/c1-10-8-11(2)13(14(9-10)19-5)6-7-16(4)15(18)12(3)17/h8-9,12,17H,6-7H2,1-5H3. The number of hydrogen-bond donors (Lipinski definition) is 1. The van der Waals surface area contributed by atoms with E-state index in [2.05, 4.69) is 6.07 Å². The van der Waals surface area contributed by atoms with Crippen LogP contribution in [-0.4, -0.2) is 42.7 Å². The number of ether oxygens (including phenoxy) is 1. The normalized spacial score (nSPS) is 12.1. The highest BCUT2D eigenvalue weighted by Crippen LogP contribution is 2.24. The Morgan fingerprint density at radius 1 is 1.42 bits per heavy atom. The Morgan fingerprint density at radius 3 is 2.58 bits per heavy atom. The topological polar surface area (TPSA) is 49.8 Å². The van der Waals surface area contributed by atoms with Gasteiger partial charge in [-0.15, -0.1) is 0 Å². The van der Waals surface area contributed by atoms with Crippen molar-refractivity contribution >= 4 is 5.91 Å². The number of aliphatic hydroxyl groups excluding tert-OH is 1. The highest BCUT2D eigenvalue weighted by Gasteiger charge is 2.15. The number of aryl methyl sites for hydroxylation is 2. The number of benzene rings is 1. The number of nitrogens with zero attached hydrogens (tertiary/aromatic N) is 1. The van der Waals surface area contributed by atoms with Gasteiger partial charge in [0.1, 0.15) is 11.9 Å². The molecule has 0 fully saturated rings. The van der Waals surface area contributed by atoms with Crippen LogP contribution in [0.3, 0.4) is 0 Å². The van der Waals surface area contributed by atoms with Crippen LogP contribution < -0.4 is 4.74 Å². The van der Waals surface area contributed by atoms with Crippen LogP contribution >= 0.6 is 0 Å². The molecule has 0 aliphatic carbocycles. The highest BCUT2D eigenvalue weighted by molar-refractivity contribution is 5.79. The van der Waals surface area contributed by atoms with Gasteiger partial charge in [0, 0.05) is 13.6 Å². The van der Waals surface area contributed by atoms with E-state index in [1.54, 1.807) is 19.1 Å². The first-order valence-corrected chi connectivity index (χ1v) is 6.44. The van der Waals surface area contributed by atoms with E-state index in [1.807, 2.05) is 19.9 Å². The minimum Gasteiger partial charge on any atom is -0.496 e. The number of carbonyl (C=O) groups is 1. The summed E-state index contributed by atoms with van der Waals surface area (Å²) in [4.78, 5) is 13.1. The Morgan fingerprint density at radius 2 is 2.05 bits per heavy atom. The van der Waals surface area contributed by atoms with Crippen LogP contribution in [0, 0.1) is 13.8 Å². The smallest absolute Gasteiger partial charge is 0.250 e. The molecule has 0 aliphatic heterocycles. The summed E-state index contributed by atoms with van der Waals surface area (Å²) < 4.78 is 5.39. The summed E-state index contributed by atoms with van der Waals surface area (Å²) in [7, 11) is 3.35. The molecule has 106 valence electrons. The maximum atomic E-state index is 11.6. The summed E-state index contributed by atoms with van der Waals surface area (Å²) in [5, 5.41) is 9.26. The number of rotatable bonds is 5. The molecule has 0 spiro atoms. The van der Waals surface area contributed by atoms with Crippen molar-refractivity contribution in [3.63, 3.8) is 0 Å². The number of methoxy groups -OCH3 is 1. The van der Waals surface area contributed by atoms with Crippen molar-refractivity contribution in [2.45, 2.75) is 33.3 Å². The number of carbonyl (C=O) groups excluding carboxylic acids is 1. The van der Waals surface area contributed by atoms with Crippen molar-refractivity contribution in [3.8, 4) is 5.75 Å². The molecule has 4 nitrogen and oxygen atoms in total. The molecule has 0 saturated carbocycles. The van der Waals surface area contributed by atoms with Crippen molar-refractivity contribution in [2.24, 2.45) is 0 Å². The number of likely N-dealkylation sites (N-methyl/N-ethyl adjacent to an activating group) is 1.